The van der Waals surface area contributed by atoms with Gasteiger partial charge in [-0.2, -0.15) is 0 Å². The van der Waals surface area contributed by atoms with E-state index in [4.69, 9.17) is 21.1 Å². The SMILES string of the molecule is CCCNC(=O)[C@@H](Cc1ccccc1)N(Cc1ccc(Cl)cc1)C(=O)CCCN(c1ccc2c(c1)OCCO2)S(C)(=O)=O. The van der Waals surface area contributed by atoms with Crippen molar-refractivity contribution in [2.75, 3.05) is 36.9 Å². The molecule has 9 nitrogen and oxygen atoms in total. The molecule has 1 aliphatic rings. The Morgan fingerprint density at radius 3 is 2.33 bits per heavy atom. The number of nitrogens with zero attached hydrogens (tertiary/aromatic N) is 2. The van der Waals surface area contributed by atoms with E-state index in [2.05, 4.69) is 5.32 Å². The van der Waals surface area contributed by atoms with Crippen LogP contribution in [0.2, 0.25) is 5.02 Å². The first-order chi connectivity index (χ1) is 20.7. The smallest absolute Gasteiger partial charge is 0.243 e. The minimum absolute atomic E-state index is 0.0382. The van der Waals surface area contributed by atoms with Crippen LogP contribution in [0.25, 0.3) is 0 Å². The Kier molecular flexibility index (Phi) is 11.3. The second kappa shape index (κ2) is 15.1. The highest BCUT2D eigenvalue weighted by Crippen LogP contribution is 2.35. The van der Waals surface area contributed by atoms with E-state index in [0.717, 1.165) is 23.8 Å². The monoisotopic (exact) mass is 627 g/mol. The van der Waals surface area contributed by atoms with Gasteiger partial charge >= 0.3 is 0 Å². The average Bonchev–Trinajstić information content (AvgIpc) is 3.00. The van der Waals surface area contributed by atoms with Gasteiger partial charge in [0.1, 0.15) is 19.3 Å². The summed E-state index contributed by atoms with van der Waals surface area (Å²) < 4.78 is 38.0. The molecule has 3 aromatic rings. The molecule has 0 saturated heterocycles. The molecule has 1 aliphatic heterocycles. The predicted octanol–water partition coefficient (Wildman–Crippen LogP) is 4.82. The van der Waals surface area contributed by atoms with Crippen molar-refractivity contribution in [1.29, 1.82) is 0 Å². The molecule has 230 valence electrons. The summed E-state index contributed by atoms with van der Waals surface area (Å²) in [5.41, 5.74) is 2.18. The number of rotatable bonds is 14. The van der Waals surface area contributed by atoms with Crippen LogP contribution in [0, 0.1) is 0 Å². The molecule has 11 heteroatoms. The molecule has 3 aromatic carbocycles. The van der Waals surface area contributed by atoms with Gasteiger partial charge in [0, 0.05) is 43.6 Å². The molecule has 1 atom stereocenters. The summed E-state index contributed by atoms with van der Waals surface area (Å²) in [6.45, 7) is 3.54. The van der Waals surface area contributed by atoms with E-state index >= 15 is 0 Å². The molecular formula is C32H38ClN3O6S. The Bertz CT molecular complexity index is 1480. The summed E-state index contributed by atoms with van der Waals surface area (Å²) in [5.74, 6) is 0.548. The topological polar surface area (TPSA) is 105 Å². The van der Waals surface area contributed by atoms with Gasteiger partial charge in [0.2, 0.25) is 21.8 Å². The molecule has 0 spiro atoms. The minimum Gasteiger partial charge on any atom is -0.486 e. The van der Waals surface area contributed by atoms with E-state index in [1.165, 1.54) is 4.31 Å². The zero-order valence-electron chi connectivity index (χ0n) is 24.5. The molecule has 0 radical (unpaired) electrons. The highest BCUT2D eigenvalue weighted by Gasteiger charge is 2.30. The van der Waals surface area contributed by atoms with Crippen LogP contribution < -0.4 is 19.1 Å². The third kappa shape index (κ3) is 9.11. The maximum absolute atomic E-state index is 13.9. The van der Waals surface area contributed by atoms with Crippen molar-refractivity contribution >= 4 is 39.1 Å². The normalized spacial score (nSPS) is 13.2. The van der Waals surface area contributed by atoms with Gasteiger partial charge in [0.25, 0.3) is 0 Å². The number of carbonyl (C=O) groups excluding carboxylic acids is 2. The number of nitrogens with one attached hydrogen (secondary N) is 1. The van der Waals surface area contributed by atoms with Crippen LogP contribution in [-0.2, 0) is 32.6 Å². The third-order valence-electron chi connectivity index (χ3n) is 7.05. The minimum atomic E-state index is -3.66. The molecule has 0 aliphatic carbocycles. The second-order valence-corrected chi connectivity index (χ2v) is 12.8. The lowest BCUT2D eigenvalue weighted by Gasteiger charge is -2.32. The highest BCUT2D eigenvalue weighted by molar-refractivity contribution is 7.92. The standard InChI is InChI=1S/C32H38ClN3O6S/c1-3-17-34-32(38)28(21-24-8-5-4-6-9-24)35(23-25-11-13-26(33)14-12-25)31(37)10-7-18-36(43(2,39)40)27-15-16-29-30(22-27)42-20-19-41-29/h4-6,8-9,11-16,22,28H,3,7,10,17-21,23H2,1-2H3,(H,34,38)/t28-/m1/s1. The molecule has 4 rings (SSSR count). The van der Waals surface area contributed by atoms with Crippen molar-refractivity contribution in [2.24, 2.45) is 0 Å². The lowest BCUT2D eigenvalue weighted by atomic mass is 10.0. The quantitative estimate of drug-likeness (QED) is 0.275. The van der Waals surface area contributed by atoms with Crippen molar-refractivity contribution in [3.8, 4) is 11.5 Å². The summed E-state index contributed by atoms with van der Waals surface area (Å²) in [7, 11) is -3.66. The third-order valence-corrected chi connectivity index (χ3v) is 8.50. The number of halogens is 1. The van der Waals surface area contributed by atoms with Gasteiger partial charge in [0.05, 0.1) is 11.9 Å². The summed E-state index contributed by atoms with van der Waals surface area (Å²) in [4.78, 5) is 29.0. The fourth-order valence-corrected chi connectivity index (χ4v) is 5.98. The molecule has 43 heavy (non-hydrogen) atoms. The van der Waals surface area contributed by atoms with Gasteiger partial charge in [-0.1, -0.05) is 61.0 Å². The molecule has 1 N–H and O–H groups in total. The van der Waals surface area contributed by atoms with Crippen LogP contribution in [0.1, 0.15) is 37.3 Å². The van der Waals surface area contributed by atoms with E-state index in [1.54, 1.807) is 35.2 Å². The number of hydrogen-bond donors (Lipinski definition) is 1. The number of sulfonamides is 1. The molecule has 2 amide bonds. The first kappa shape index (κ1) is 32.2. The molecule has 0 unspecified atom stereocenters. The largest absolute Gasteiger partial charge is 0.486 e. The fourth-order valence-electron chi connectivity index (χ4n) is 4.90. The number of amides is 2. The Morgan fingerprint density at radius 1 is 0.953 bits per heavy atom. The Hall–Kier alpha value is -3.76. The first-order valence-corrected chi connectivity index (χ1v) is 16.6. The van der Waals surface area contributed by atoms with Crippen molar-refractivity contribution in [3.63, 3.8) is 0 Å². The van der Waals surface area contributed by atoms with Crippen LogP contribution in [0.5, 0.6) is 11.5 Å². The number of anilines is 1. The maximum atomic E-state index is 13.9. The van der Waals surface area contributed by atoms with Gasteiger partial charge < -0.3 is 19.7 Å². The Morgan fingerprint density at radius 2 is 1.65 bits per heavy atom. The molecule has 0 fully saturated rings. The summed E-state index contributed by atoms with van der Waals surface area (Å²) in [5, 5.41) is 3.53. The molecular weight excluding hydrogens is 590 g/mol. The van der Waals surface area contributed by atoms with Crippen LogP contribution in [0.15, 0.2) is 72.8 Å². The summed E-state index contributed by atoms with van der Waals surface area (Å²) in [6.07, 6.45) is 2.51. The van der Waals surface area contributed by atoms with Crippen molar-refractivity contribution < 1.29 is 27.5 Å². The van der Waals surface area contributed by atoms with Gasteiger partial charge in [-0.25, -0.2) is 8.42 Å². The van der Waals surface area contributed by atoms with Crippen LogP contribution in [0.4, 0.5) is 5.69 Å². The number of hydrogen-bond acceptors (Lipinski definition) is 6. The van der Waals surface area contributed by atoms with E-state index in [-0.39, 0.29) is 37.7 Å². The van der Waals surface area contributed by atoms with Gasteiger partial charge in [-0.15, -0.1) is 0 Å². The zero-order chi connectivity index (χ0) is 30.8. The number of benzene rings is 3. The first-order valence-electron chi connectivity index (χ1n) is 14.4. The van der Waals surface area contributed by atoms with E-state index in [9.17, 15) is 18.0 Å². The molecule has 0 aromatic heterocycles. The zero-order valence-corrected chi connectivity index (χ0v) is 26.1. The van der Waals surface area contributed by atoms with Crippen molar-refractivity contribution in [1.82, 2.24) is 10.2 Å². The van der Waals surface area contributed by atoms with Crippen molar-refractivity contribution in [3.05, 3.63) is 88.9 Å². The molecule has 0 bridgehead atoms. The van der Waals surface area contributed by atoms with E-state index < -0.39 is 16.1 Å². The molecule has 0 saturated carbocycles. The Balaban J connectivity index is 1.56. The predicted molar refractivity (Wildman–Crippen MR) is 168 cm³/mol. The number of fused-ring (bicyclic) bond motifs is 1. The molecule has 1 heterocycles. The fraction of sp³-hybridized carbons (Fsp3) is 0.375. The van der Waals surface area contributed by atoms with Crippen LogP contribution >= 0.6 is 11.6 Å². The van der Waals surface area contributed by atoms with Gasteiger partial charge in [-0.3, -0.25) is 13.9 Å². The number of ether oxygens (including phenoxy) is 2. The summed E-state index contributed by atoms with van der Waals surface area (Å²) in [6, 6.07) is 21.0. The maximum Gasteiger partial charge on any atom is 0.243 e. The Labute approximate surface area is 258 Å². The van der Waals surface area contributed by atoms with Crippen LogP contribution in [-0.4, -0.2) is 63.7 Å². The summed E-state index contributed by atoms with van der Waals surface area (Å²) >= 11 is 6.10. The van der Waals surface area contributed by atoms with E-state index in [1.807, 2.05) is 49.4 Å². The van der Waals surface area contributed by atoms with E-state index in [0.29, 0.717) is 48.4 Å². The second-order valence-electron chi connectivity index (χ2n) is 10.4. The van der Waals surface area contributed by atoms with Gasteiger partial charge in [0.15, 0.2) is 11.5 Å². The number of carbonyl (C=O) groups is 2. The van der Waals surface area contributed by atoms with Crippen molar-refractivity contribution in [2.45, 2.75) is 45.2 Å². The lowest BCUT2D eigenvalue weighted by molar-refractivity contribution is -0.141. The van der Waals surface area contributed by atoms with Crippen LogP contribution in [0.3, 0.4) is 0 Å². The lowest BCUT2D eigenvalue weighted by Crippen LogP contribution is -2.50. The highest BCUT2D eigenvalue weighted by atomic mass is 35.5. The average molecular weight is 628 g/mol. The van der Waals surface area contributed by atoms with Gasteiger partial charge in [-0.05, 0) is 48.2 Å².